The standard InChI is InChI=1S/C28H34Cl2N4O4S/c1-18-16-19(2)32-27-20(18)8-5-10-24(27)38-17-21-22(29)11-12-25(26(21)30)39(36,37)34-15-6-9-23(34)28(35)33(4)14-7-13-31-3/h5,8,10-12,16,23,31H,6-7,9,13-15,17H2,1-4H3/t23-/m0/s1. The second-order valence-electron chi connectivity index (χ2n) is 9.85. The molecular weight excluding hydrogens is 559 g/mol. The van der Waals surface area contributed by atoms with E-state index >= 15 is 0 Å². The molecule has 0 aliphatic carbocycles. The summed E-state index contributed by atoms with van der Waals surface area (Å²) in [6.07, 6.45) is 1.83. The van der Waals surface area contributed by atoms with E-state index in [0.29, 0.717) is 36.2 Å². The minimum Gasteiger partial charge on any atom is -0.487 e. The number of carbonyl (C=O) groups is 1. The number of halogens is 2. The summed E-state index contributed by atoms with van der Waals surface area (Å²) in [4.78, 5) is 19.3. The van der Waals surface area contributed by atoms with E-state index in [1.54, 1.807) is 11.9 Å². The summed E-state index contributed by atoms with van der Waals surface area (Å²) >= 11 is 13.2. The molecule has 2 aromatic carbocycles. The largest absolute Gasteiger partial charge is 0.487 e. The van der Waals surface area contributed by atoms with Crippen molar-refractivity contribution in [1.82, 2.24) is 19.5 Å². The van der Waals surface area contributed by atoms with Crippen LogP contribution < -0.4 is 10.1 Å². The van der Waals surface area contributed by atoms with E-state index < -0.39 is 16.1 Å². The summed E-state index contributed by atoms with van der Waals surface area (Å²) < 4.78 is 35.0. The van der Waals surface area contributed by atoms with Gasteiger partial charge >= 0.3 is 0 Å². The van der Waals surface area contributed by atoms with Gasteiger partial charge in [-0.2, -0.15) is 4.31 Å². The fraction of sp³-hybridized carbons (Fsp3) is 0.429. The van der Waals surface area contributed by atoms with Crippen molar-refractivity contribution >= 4 is 50.0 Å². The molecule has 0 spiro atoms. The number of likely N-dealkylation sites (N-methyl/N-ethyl adjacent to an activating group) is 1. The summed E-state index contributed by atoms with van der Waals surface area (Å²) in [6, 6.07) is 9.80. The van der Waals surface area contributed by atoms with Crippen LogP contribution in [-0.2, 0) is 21.4 Å². The third-order valence-corrected chi connectivity index (χ3v) is 9.88. The van der Waals surface area contributed by atoms with Gasteiger partial charge in [-0.3, -0.25) is 4.79 Å². The lowest BCUT2D eigenvalue weighted by Gasteiger charge is -2.28. The monoisotopic (exact) mass is 592 g/mol. The van der Waals surface area contributed by atoms with Gasteiger partial charge in [-0.15, -0.1) is 0 Å². The highest BCUT2D eigenvalue weighted by molar-refractivity contribution is 7.89. The van der Waals surface area contributed by atoms with Crippen molar-refractivity contribution in [2.45, 2.75) is 50.7 Å². The Morgan fingerprint density at radius 3 is 2.74 bits per heavy atom. The van der Waals surface area contributed by atoms with Crippen LogP contribution in [0, 0.1) is 13.8 Å². The lowest BCUT2D eigenvalue weighted by molar-refractivity contribution is -0.133. The Morgan fingerprint density at radius 2 is 2.00 bits per heavy atom. The summed E-state index contributed by atoms with van der Waals surface area (Å²) in [7, 11) is -0.520. The maximum absolute atomic E-state index is 13.8. The zero-order valence-electron chi connectivity index (χ0n) is 22.6. The minimum absolute atomic E-state index is 0.0106. The third-order valence-electron chi connectivity index (χ3n) is 7.03. The maximum atomic E-state index is 13.8. The van der Waals surface area contributed by atoms with Crippen molar-refractivity contribution in [2.75, 3.05) is 33.7 Å². The molecule has 1 atom stereocenters. The van der Waals surface area contributed by atoms with Crippen LogP contribution in [0.2, 0.25) is 10.0 Å². The SMILES string of the molecule is CNCCCN(C)C(=O)[C@@H]1CCCN1S(=O)(=O)c1ccc(Cl)c(COc2cccc3c(C)cc(C)nc23)c1Cl. The molecule has 1 N–H and O–H groups in total. The first kappa shape index (κ1) is 29.6. The molecule has 39 heavy (non-hydrogen) atoms. The number of amides is 1. The van der Waals surface area contributed by atoms with Crippen LogP contribution >= 0.6 is 23.2 Å². The lowest BCUT2D eigenvalue weighted by atomic mass is 10.1. The Morgan fingerprint density at radius 1 is 1.23 bits per heavy atom. The number of rotatable bonds is 10. The number of hydrogen-bond donors (Lipinski definition) is 1. The highest BCUT2D eigenvalue weighted by Crippen LogP contribution is 2.37. The number of ether oxygens (including phenoxy) is 1. The molecule has 1 aliphatic heterocycles. The van der Waals surface area contributed by atoms with Crippen molar-refractivity contribution in [2.24, 2.45) is 0 Å². The van der Waals surface area contributed by atoms with Crippen molar-refractivity contribution < 1.29 is 17.9 Å². The molecule has 1 amide bonds. The average Bonchev–Trinajstić information content (AvgIpc) is 3.39. The normalized spacial score (nSPS) is 16.1. The fourth-order valence-corrected chi connectivity index (χ4v) is 7.50. The first-order chi connectivity index (χ1) is 18.6. The first-order valence-electron chi connectivity index (χ1n) is 12.9. The Kier molecular flexibility index (Phi) is 9.39. The molecule has 4 rings (SSSR count). The molecule has 1 fully saturated rings. The van der Waals surface area contributed by atoms with Gasteiger partial charge in [0.25, 0.3) is 0 Å². The van der Waals surface area contributed by atoms with Crippen LogP contribution in [0.4, 0.5) is 0 Å². The number of hydrogen-bond acceptors (Lipinski definition) is 6. The number of para-hydroxylation sites is 1. The molecule has 1 aromatic heterocycles. The van der Waals surface area contributed by atoms with E-state index in [1.165, 1.54) is 16.4 Å². The smallest absolute Gasteiger partial charge is 0.245 e. The molecule has 0 unspecified atom stereocenters. The van der Waals surface area contributed by atoms with Crippen molar-refractivity contribution in [3.8, 4) is 5.75 Å². The molecule has 8 nitrogen and oxygen atoms in total. The van der Waals surface area contributed by atoms with Gasteiger partial charge < -0.3 is 15.0 Å². The molecule has 11 heteroatoms. The first-order valence-corrected chi connectivity index (χ1v) is 15.1. The van der Waals surface area contributed by atoms with Gasteiger partial charge in [0.15, 0.2) is 0 Å². The van der Waals surface area contributed by atoms with E-state index in [1.807, 2.05) is 45.2 Å². The van der Waals surface area contributed by atoms with E-state index in [4.69, 9.17) is 27.9 Å². The lowest BCUT2D eigenvalue weighted by Crippen LogP contribution is -2.47. The van der Waals surface area contributed by atoms with E-state index in [0.717, 1.165) is 29.6 Å². The van der Waals surface area contributed by atoms with Crippen molar-refractivity contribution in [3.63, 3.8) is 0 Å². The van der Waals surface area contributed by atoms with Crippen LogP contribution in [0.25, 0.3) is 10.9 Å². The van der Waals surface area contributed by atoms with Gasteiger partial charge in [0.2, 0.25) is 15.9 Å². The molecule has 0 radical (unpaired) electrons. The number of aryl methyl sites for hydroxylation is 2. The van der Waals surface area contributed by atoms with Crippen molar-refractivity contribution in [1.29, 1.82) is 0 Å². The second-order valence-corrected chi connectivity index (χ2v) is 12.5. The van der Waals surface area contributed by atoms with E-state index in [-0.39, 0.29) is 34.0 Å². The number of nitrogens with one attached hydrogen (secondary N) is 1. The van der Waals surface area contributed by atoms with Crippen LogP contribution in [0.1, 0.15) is 36.1 Å². The molecule has 0 bridgehead atoms. The van der Waals surface area contributed by atoms with Crippen molar-refractivity contribution in [3.05, 3.63) is 63.3 Å². The van der Waals surface area contributed by atoms with Gasteiger partial charge in [-0.05, 0) is 76.5 Å². The number of fused-ring (bicyclic) bond motifs is 1. The van der Waals surface area contributed by atoms with Gasteiger partial charge in [0, 0.05) is 41.8 Å². The van der Waals surface area contributed by atoms with Crippen LogP contribution in [0.15, 0.2) is 41.3 Å². The zero-order chi connectivity index (χ0) is 28.3. The van der Waals surface area contributed by atoms with Crippen LogP contribution in [0.3, 0.4) is 0 Å². The molecule has 2 heterocycles. The molecule has 3 aromatic rings. The Balaban J connectivity index is 1.60. The number of nitrogens with zero attached hydrogens (tertiary/aromatic N) is 3. The molecular formula is C28H34Cl2N4O4S. The fourth-order valence-electron chi connectivity index (χ4n) is 4.99. The molecule has 210 valence electrons. The zero-order valence-corrected chi connectivity index (χ0v) is 25.0. The van der Waals surface area contributed by atoms with Gasteiger partial charge in [0.05, 0.1) is 5.02 Å². The predicted octanol–water partition coefficient (Wildman–Crippen LogP) is 4.96. The predicted molar refractivity (Wildman–Crippen MR) is 155 cm³/mol. The Bertz CT molecular complexity index is 1480. The van der Waals surface area contributed by atoms with Gasteiger partial charge in [0.1, 0.15) is 28.8 Å². The van der Waals surface area contributed by atoms with Crippen LogP contribution in [0.5, 0.6) is 5.75 Å². The summed E-state index contributed by atoms with van der Waals surface area (Å²) in [5.74, 6) is 0.334. The van der Waals surface area contributed by atoms with E-state index in [2.05, 4.69) is 10.3 Å². The van der Waals surface area contributed by atoms with Crippen LogP contribution in [-0.4, -0.2) is 68.3 Å². The third kappa shape index (κ3) is 6.18. The summed E-state index contributed by atoms with van der Waals surface area (Å²) in [5, 5.41) is 4.30. The number of aromatic nitrogens is 1. The maximum Gasteiger partial charge on any atom is 0.245 e. The second kappa shape index (κ2) is 12.4. The number of pyridine rings is 1. The number of sulfonamides is 1. The molecule has 1 aliphatic rings. The quantitative estimate of drug-likeness (QED) is 0.335. The minimum atomic E-state index is -4.08. The highest BCUT2D eigenvalue weighted by atomic mass is 35.5. The van der Waals surface area contributed by atoms with Gasteiger partial charge in [-0.25, -0.2) is 13.4 Å². The molecule has 0 saturated carbocycles. The number of carbonyl (C=O) groups excluding carboxylic acids is 1. The summed E-state index contributed by atoms with van der Waals surface area (Å²) in [6.45, 7) is 5.43. The molecule has 1 saturated heterocycles. The topological polar surface area (TPSA) is 91.8 Å². The van der Waals surface area contributed by atoms with Gasteiger partial charge in [-0.1, -0.05) is 35.3 Å². The average molecular weight is 594 g/mol. The Hall–Kier alpha value is -2.43. The van der Waals surface area contributed by atoms with E-state index in [9.17, 15) is 13.2 Å². The Labute approximate surface area is 240 Å². The highest BCUT2D eigenvalue weighted by Gasteiger charge is 2.41. The number of benzene rings is 2. The summed E-state index contributed by atoms with van der Waals surface area (Å²) in [5.41, 5.74) is 3.01.